The Bertz CT molecular complexity index is 1200. The van der Waals surface area contributed by atoms with Gasteiger partial charge in [-0.2, -0.15) is 5.26 Å². The minimum atomic E-state index is -0.566. The average molecular weight is 433 g/mol. The SMILES string of the molecule is N#CC1=C(N)Oc2cc(OC(=O)COc3ccccc3)ccc2C1c1ccccc1Cl. The summed E-state index contributed by atoms with van der Waals surface area (Å²) in [7, 11) is 0. The maximum atomic E-state index is 12.2. The van der Waals surface area contributed by atoms with Gasteiger partial charge in [0.25, 0.3) is 0 Å². The first-order valence-electron chi connectivity index (χ1n) is 9.41. The van der Waals surface area contributed by atoms with Crippen LogP contribution in [0, 0.1) is 11.3 Å². The number of carbonyl (C=O) groups is 1. The molecule has 1 atom stereocenters. The molecule has 154 valence electrons. The van der Waals surface area contributed by atoms with E-state index in [0.29, 0.717) is 22.1 Å². The summed E-state index contributed by atoms with van der Waals surface area (Å²) in [4.78, 5) is 12.2. The Hall–Kier alpha value is -3.95. The number of hydrogen-bond donors (Lipinski definition) is 1. The highest BCUT2D eigenvalue weighted by Gasteiger charge is 2.32. The van der Waals surface area contributed by atoms with Crippen molar-refractivity contribution in [2.24, 2.45) is 5.73 Å². The van der Waals surface area contributed by atoms with E-state index >= 15 is 0 Å². The highest BCUT2D eigenvalue weighted by molar-refractivity contribution is 6.31. The summed E-state index contributed by atoms with van der Waals surface area (Å²) in [6.07, 6.45) is 0. The van der Waals surface area contributed by atoms with Crippen molar-refractivity contribution in [2.75, 3.05) is 6.61 Å². The van der Waals surface area contributed by atoms with Crippen LogP contribution in [-0.4, -0.2) is 12.6 Å². The number of esters is 1. The smallest absolute Gasteiger partial charge is 0.349 e. The van der Waals surface area contributed by atoms with Crippen molar-refractivity contribution in [3.05, 3.63) is 100 Å². The molecular weight excluding hydrogens is 416 g/mol. The van der Waals surface area contributed by atoms with E-state index in [2.05, 4.69) is 6.07 Å². The third-order valence-corrected chi connectivity index (χ3v) is 5.08. The molecule has 0 saturated heterocycles. The molecule has 0 fully saturated rings. The molecule has 0 spiro atoms. The molecule has 1 unspecified atom stereocenters. The van der Waals surface area contributed by atoms with E-state index in [0.717, 1.165) is 5.56 Å². The summed E-state index contributed by atoms with van der Waals surface area (Å²) >= 11 is 6.38. The van der Waals surface area contributed by atoms with E-state index in [1.54, 1.807) is 36.4 Å². The van der Waals surface area contributed by atoms with Crippen molar-refractivity contribution in [3.63, 3.8) is 0 Å². The van der Waals surface area contributed by atoms with Gasteiger partial charge in [-0.25, -0.2) is 4.79 Å². The fourth-order valence-corrected chi connectivity index (χ4v) is 3.59. The van der Waals surface area contributed by atoms with Crippen molar-refractivity contribution in [3.8, 4) is 23.3 Å². The Morgan fingerprint density at radius 3 is 2.52 bits per heavy atom. The van der Waals surface area contributed by atoms with Gasteiger partial charge in [0.1, 0.15) is 28.9 Å². The van der Waals surface area contributed by atoms with Gasteiger partial charge < -0.3 is 19.9 Å². The Morgan fingerprint density at radius 1 is 1.03 bits per heavy atom. The molecule has 0 radical (unpaired) electrons. The molecule has 1 aliphatic rings. The number of halogens is 1. The molecule has 1 heterocycles. The van der Waals surface area contributed by atoms with Crippen LogP contribution in [0.1, 0.15) is 17.0 Å². The minimum absolute atomic E-state index is 0.0178. The number of ether oxygens (including phenoxy) is 3. The summed E-state index contributed by atoms with van der Waals surface area (Å²) in [6.45, 7) is -0.245. The number of allylic oxidation sites excluding steroid dienone is 1. The lowest BCUT2D eigenvalue weighted by molar-refractivity contribution is -0.136. The zero-order valence-corrected chi connectivity index (χ0v) is 17.0. The summed E-state index contributed by atoms with van der Waals surface area (Å²) in [5.74, 6) is 0.146. The Morgan fingerprint density at radius 2 is 1.77 bits per heavy atom. The fraction of sp³-hybridized carbons (Fsp3) is 0.0833. The molecule has 0 saturated carbocycles. The molecule has 7 heteroatoms. The molecule has 4 rings (SSSR count). The van der Waals surface area contributed by atoms with Crippen LogP contribution >= 0.6 is 11.6 Å². The molecular formula is C24H17ClN2O4. The van der Waals surface area contributed by atoms with Gasteiger partial charge in [0, 0.05) is 16.7 Å². The third kappa shape index (κ3) is 4.32. The maximum Gasteiger partial charge on any atom is 0.349 e. The monoisotopic (exact) mass is 432 g/mol. The third-order valence-electron chi connectivity index (χ3n) is 4.74. The molecule has 3 aromatic carbocycles. The fourth-order valence-electron chi connectivity index (χ4n) is 3.35. The number of benzene rings is 3. The van der Waals surface area contributed by atoms with Gasteiger partial charge in [-0.1, -0.05) is 54.1 Å². The lowest BCUT2D eigenvalue weighted by Gasteiger charge is -2.27. The van der Waals surface area contributed by atoms with Crippen LogP contribution in [0.3, 0.4) is 0 Å². The minimum Gasteiger partial charge on any atom is -0.482 e. The Balaban J connectivity index is 1.58. The molecule has 0 amide bonds. The molecule has 0 aliphatic carbocycles. The topological polar surface area (TPSA) is 94.6 Å². The van der Waals surface area contributed by atoms with Crippen LogP contribution in [0.5, 0.6) is 17.2 Å². The van der Waals surface area contributed by atoms with E-state index in [9.17, 15) is 10.1 Å². The molecule has 3 aromatic rings. The number of fused-ring (bicyclic) bond motifs is 1. The van der Waals surface area contributed by atoms with Gasteiger partial charge >= 0.3 is 5.97 Å². The predicted octanol–water partition coefficient (Wildman–Crippen LogP) is 4.54. The molecule has 2 N–H and O–H groups in total. The lowest BCUT2D eigenvalue weighted by atomic mass is 9.83. The lowest BCUT2D eigenvalue weighted by Crippen LogP contribution is -2.22. The van der Waals surface area contributed by atoms with Gasteiger partial charge in [-0.15, -0.1) is 0 Å². The highest BCUT2D eigenvalue weighted by Crippen LogP contribution is 2.45. The van der Waals surface area contributed by atoms with E-state index in [1.165, 1.54) is 0 Å². The second-order valence-corrected chi connectivity index (χ2v) is 7.13. The van der Waals surface area contributed by atoms with Crippen molar-refractivity contribution in [1.82, 2.24) is 0 Å². The van der Waals surface area contributed by atoms with Gasteiger partial charge in [0.2, 0.25) is 5.88 Å². The Labute approximate surface area is 184 Å². The van der Waals surface area contributed by atoms with E-state index in [1.807, 2.05) is 36.4 Å². The van der Waals surface area contributed by atoms with Crippen molar-refractivity contribution >= 4 is 17.6 Å². The van der Waals surface area contributed by atoms with Gasteiger partial charge in [0.05, 0.1) is 5.92 Å². The first-order valence-corrected chi connectivity index (χ1v) is 9.79. The van der Waals surface area contributed by atoms with Gasteiger partial charge in [0.15, 0.2) is 6.61 Å². The average Bonchev–Trinajstić information content (AvgIpc) is 2.78. The number of carbonyl (C=O) groups excluding carboxylic acids is 1. The van der Waals surface area contributed by atoms with E-state index in [4.69, 9.17) is 31.5 Å². The van der Waals surface area contributed by atoms with Crippen LogP contribution in [-0.2, 0) is 4.79 Å². The second kappa shape index (κ2) is 8.82. The van der Waals surface area contributed by atoms with Crippen LogP contribution in [0.4, 0.5) is 0 Å². The van der Waals surface area contributed by atoms with Crippen LogP contribution < -0.4 is 19.9 Å². The summed E-state index contributed by atoms with van der Waals surface area (Å²) in [5, 5.41) is 10.2. The zero-order valence-electron chi connectivity index (χ0n) is 16.2. The van der Waals surface area contributed by atoms with Gasteiger partial charge in [-0.3, -0.25) is 0 Å². The first-order chi connectivity index (χ1) is 15.1. The van der Waals surface area contributed by atoms with Gasteiger partial charge in [-0.05, 0) is 29.8 Å². The number of para-hydroxylation sites is 1. The molecule has 31 heavy (non-hydrogen) atoms. The first kappa shape index (κ1) is 20.3. The van der Waals surface area contributed by atoms with Crippen LogP contribution in [0.2, 0.25) is 5.02 Å². The number of hydrogen-bond acceptors (Lipinski definition) is 6. The molecule has 1 aliphatic heterocycles. The van der Waals surface area contributed by atoms with E-state index < -0.39 is 11.9 Å². The zero-order chi connectivity index (χ0) is 21.8. The maximum absolute atomic E-state index is 12.2. The summed E-state index contributed by atoms with van der Waals surface area (Å²) < 4.78 is 16.4. The van der Waals surface area contributed by atoms with Crippen molar-refractivity contribution in [2.45, 2.75) is 5.92 Å². The van der Waals surface area contributed by atoms with Crippen molar-refractivity contribution < 1.29 is 19.0 Å². The van der Waals surface area contributed by atoms with Crippen LogP contribution in [0.25, 0.3) is 0 Å². The van der Waals surface area contributed by atoms with E-state index in [-0.39, 0.29) is 23.8 Å². The van der Waals surface area contributed by atoms with Crippen LogP contribution in [0.15, 0.2) is 84.3 Å². The number of nitriles is 1. The highest BCUT2D eigenvalue weighted by atomic mass is 35.5. The molecule has 0 bridgehead atoms. The largest absolute Gasteiger partial charge is 0.482 e. The molecule has 0 aromatic heterocycles. The number of rotatable bonds is 5. The normalized spacial score (nSPS) is 14.8. The standard InChI is InChI=1S/C24H17ClN2O4/c25-20-9-5-4-8-17(20)23-18-11-10-16(12-21(18)31-24(27)19(23)13-26)30-22(28)14-29-15-6-2-1-3-7-15/h1-12,23H,14,27H2. The number of nitrogens with two attached hydrogens (primary N) is 1. The van der Waals surface area contributed by atoms with Crippen molar-refractivity contribution in [1.29, 1.82) is 5.26 Å². The second-order valence-electron chi connectivity index (χ2n) is 6.72. The summed E-state index contributed by atoms with van der Waals surface area (Å²) in [6, 6.07) is 23.2. The predicted molar refractivity (Wildman–Crippen MR) is 115 cm³/mol. The number of nitrogens with zero attached hydrogens (tertiary/aromatic N) is 1. The Kier molecular flexibility index (Phi) is 5.78. The summed E-state index contributed by atoms with van der Waals surface area (Å²) in [5.41, 5.74) is 7.70. The quantitative estimate of drug-likeness (QED) is 0.469. The molecule has 6 nitrogen and oxygen atoms in total.